The van der Waals surface area contributed by atoms with E-state index in [0.717, 1.165) is 48.2 Å². The number of aryl methyl sites for hydroxylation is 2. The maximum Gasteiger partial charge on any atom is 0.356 e. The number of carbonyl (C=O) groups is 1. The van der Waals surface area contributed by atoms with E-state index in [1.165, 1.54) is 5.56 Å². The summed E-state index contributed by atoms with van der Waals surface area (Å²) in [6.07, 6.45) is 3.87. The summed E-state index contributed by atoms with van der Waals surface area (Å²) in [5.74, 6) is -0.924. The highest BCUT2D eigenvalue weighted by Gasteiger charge is 2.25. The molecule has 0 aliphatic heterocycles. The zero-order chi connectivity index (χ0) is 14.3. The Morgan fingerprint density at radius 3 is 2.70 bits per heavy atom. The quantitative estimate of drug-likeness (QED) is 0.912. The SMILES string of the molecule is Cc1ccc(-n2nc(C(=O)O)c3c2CCCC3)c(C)c1. The van der Waals surface area contributed by atoms with Gasteiger partial charge in [0.15, 0.2) is 5.69 Å². The topological polar surface area (TPSA) is 55.1 Å². The van der Waals surface area contributed by atoms with Gasteiger partial charge >= 0.3 is 5.97 Å². The van der Waals surface area contributed by atoms with Crippen molar-refractivity contribution in [3.63, 3.8) is 0 Å². The van der Waals surface area contributed by atoms with Crippen LogP contribution in [0.3, 0.4) is 0 Å². The molecule has 0 saturated heterocycles. The lowest BCUT2D eigenvalue weighted by molar-refractivity contribution is 0.0688. The molecule has 0 amide bonds. The smallest absolute Gasteiger partial charge is 0.356 e. The Labute approximate surface area is 118 Å². The highest BCUT2D eigenvalue weighted by Crippen LogP contribution is 2.28. The molecule has 0 saturated carbocycles. The van der Waals surface area contributed by atoms with Crippen molar-refractivity contribution in [1.82, 2.24) is 9.78 Å². The number of aromatic carboxylic acids is 1. The number of rotatable bonds is 2. The van der Waals surface area contributed by atoms with E-state index in [2.05, 4.69) is 18.1 Å². The molecule has 0 fully saturated rings. The first kappa shape index (κ1) is 12.9. The van der Waals surface area contributed by atoms with Gasteiger partial charge in [0.1, 0.15) is 0 Å². The van der Waals surface area contributed by atoms with Gasteiger partial charge in [-0.2, -0.15) is 5.10 Å². The van der Waals surface area contributed by atoms with Crippen LogP contribution in [-0.4, -0.2) is 20.9 Å². The Morgan fingerprint density at radius 1 is 1.25 bits per heavy atom. The zero-order valence-electron chi connectivity index (χ0n) is 11.8. The summed E-state index contributed by atoms with van der Waals surface area (Å²) in [7, 11) is 0. The molecule has 1 aromatic carbocycles. The summed E-state index contributed by atoms with van der Waals surface area (Å²) >= 11 is 0. The van der Waals surface area contributed by atoms with Crippen LogP contribution in [0.15, 0.2) is 18.2 Å². The van der Waals surface area contributed by atoms with Crippen molar-refractivity contribution in [2.75, 3.05) is 0 Å². The summed E-state index contributed by atoms with van der Waals surface area (Å²) in [5.41, 5.74) is 5.52. The number of fused-ring (bicyclic) bond motifs is 1. The summed E-state index contributed by atoms with van der Waals surface area (Å²) in [5, 5.41) is 13.7. The Morgan fingerprint density at radius 2 is 2.00 bits per heavy atom. The molecule has 4 heteroatoms. The molecule has 0 unspecified atom stereocenters. The molecule has 1 N–H and O–H groups in total. The Kier molecular flexibility index (Phi) is 3.08. The monoisotopic (exact) mass is 270 g/mol. The van der Waals surface area contributed by atoms with Gasteiger partial charge in [-0.3, -0.25) is 0 Å². The van der Waals surface area contributed by atoms with E-state index in [4.69, 9.17) is 0 Å². The van der Waals surface area contributed by atoms with Crippen LogP contribution in [-0.2, 0) is 12.8 Å². The van der Waals surface area contributed by atoms with Gasteiger partial charge < -0.3 is 5.11 Å². The number of aromatic nitrogens is 2. The lowest BCUT2D eigenvalue weighted by Crippen LogP contribution is -2.09. The van der Waals surface area contributed by atoms with E-state index in [0.29, 0.717) is 0 Å². The van der Waals surface area contributed by atoms with Crippen molar-refractivity contribution in [3.05, 3.63) is 46.3 Å². The van der Waals surface area contributed by atoms with E-state index in [-0.39, 0.29) is 5.69 Å². The third-order valence-corrected chi connectivity index (χ3v) is 3.96. The number of nitrogens with zero attached hydrogens (tertiary/aromatic N) is 2. The third kappa shape index (κ3) is 2.01. The molecule has 2 aromatic rings. The first-order valence-corrected chi connectivity index (χ1v) is 6.99. The van der Waals surface area contributed by atoms with Crippen LogP contribution >= 0.6 is 0 Å². The van der Waals surface area contributed by atoms with Gasteiger partial charge in [0.25, 0.3) is 0 Å². The molecule has 0 spiro atoms. The summed E-state index contributed by atoms with van der Waals surface area (Å²) < 4.78 is 1.84. The molecular weight excluding hydrogens is 252 g/mol. The highest BCUT2D eigenvalue weighted by molar-refractivity contribution is 5.87. The predicted octanol–water partition coefficient (Wildman–Crippen LogP) is 3.07. The first-order valence-electron chi connectivity index (χ1n) is 6.99. The first-order chi connectivity index (χ1) is 9.58. The highest BCUT2D eigenvalue weighted by atomic mass is 16.4. The third-order valence-electron chi connectivity index (χ3n) is 3.96. The number of carboxylic acid groups (broad SMARTS) is 1. The molecule has 104 valence electrons. The van der Waals surface area contributed by atoms with E-state index in [1.807, 2.05) is 23.7 Å². The molecule has 3 rings (SSSR count). The molecule has 4 nitrogen and oxygen atoms in total. The second-order valence-corrected chi connectivity index (χ2v) is 5.49. The number of hydrogen-bond acceptors (Lipinski definition) is 2. The van der Waals surface area contributed by atoms with Crippen LogP contribution in [0.2, 0.25) is 0 Å². The fraction of sp³-hybridized carbons (Fsp3) is 0.375. The Bertz CT molecular complexity index is 686. The van der Waals surface area contributed by atoms with Crippen molar-refractivity contribution in [3.8, 4) is 5.69 Å². The van der Waals surface area contributed by atoms with Gasteiger partial charge in [0.05, 0.1) is 5.69 Å². The van der Waals surface area contributed by atoms with Crippen LogP contribution in [0.5, 0.6) is 0 Å². The van der Waals surface area contributed by atoms with Gasteiger partial charge in [-0.25, -0.2) is 9.48 Å². The molecule has 20 heavy (non-hydrogen) atoms. The average Bonchev–Trinajstić information content (AvgIpc) is 2.78. The lowest BCUT2D eigenvalue weighted by atomic mass is 9.95. The second kappa shape index (κ2) is 4.78. The molecule has 0 atom stereocenters. The van der Waals surface area contributed by atoms with Crippen molar-refractivity contribution in [2.24, 2.45) is 0 Å². The molecule has 0 bridgehead atoms. The summed E-state index contributed by atoms with van der Waals surface area (Å²) in [6.45, 7) is 4.09. The number of benzene rings is 1. The lowest BCUT2D eigenvalue weighted by Gasteiger charge is -2.15. The van der Waals surface area contributed by atoms with E-state index < -0.39 is 5.97 Å². The Hall–Kier alpha value is -2.10. The fourth-order valence-corrected chi connectivity index (χ4v) is 3.01. The van der Waals surface area contributed by atoms with E-state index in [1.54, 1.807) is 0 Å². The maximum atomic E-state index is 11.4. The minimum absolute atomic E-state index is 0.222. The Balaban J connectivity index is 2.21. The van der Waals surface area contributed by atoms with E-state index >= 15 is 0 Å². The number of carboxylic acids is 1. The van der Waals surface area contributed by atoms with Gasteiger partial charge in [-0.05, 0) is 51.2 Å². The molecule has 0 radical (unpaired) electrons. The normalized spacial score (nSPS) is 14.1. The van der Waals surface area contributed by atoms with Gasteiger partial charge in [0, 0.05) is 11.3 Å². The maximum absolute atomic E-state index is 11.4. The minimum Gasteiger partial charge on any atom is -0.476 e. The van der Waals surface area contributed by atoms with Crippen LogP contribution in [0.1, 0.15) is 45.7 Å². The summed E-state index contributed by atoms with van der Waals surface area (Å²) in [6, 6.07) is 6.17. The zero-order valence-corrected chi connectivity index (χ0v) is 11.8. The van der Waals surface area contributed by atoms with E-state index in [9.17, 15) is 9.90 Å². The minimum atomic E-state index is -0.924. The molecular formula is C16H18N2O2. The second-order valence-electron chi connectivity index (χ2n) is 5.49. The van der Waals surface area contributed by atoms with Crippen LogP contribution < -0.4 is 0 Å². The standard InChI is InChI=1S/C16H18N2O2/c1-10-7-8-13(11(2)9-10)18-14-6-4-3-5-12(14)15(17-18)16(19)20/h7-9H,3-6H2,1-2H3,(H,19,20). The molecule has 1 aliphatic carbocycles. The van der Waals surface area contributed by atoms with Crippen molar-refractivity contribution in [1.29, 1.82) is 0 Å². The van der Waals surface area contributed by atoms with Crippen LogP contribution in [0.25, 0.3) is 5.69 Å². The fourth-order valence-electron chi connectivity index (χ4n) is 3.01. The summed E-state index contributed by atoms with van der Waals surface area (Å²) in [4.78, 5) is 11.4. The van der Waals surface area contributed by atoms with Crippen molar-refractivity contribution in [2.45, 2.75) is 39.5 Å². The molecule has 1 aromatic heterocycles. The van der Waals surface area contributed by atoms with Crippen LogP contribution in [0.4, 0.5) is 0 Å². The number of hydrogen-bond donors (Lipinski definition) is 1. The van der Waals surface area contributed by atoms with Gasteiger partial charge in [0.2, 0.25) is 0 Å². The molecule has 1 aliphatic rings. The van der Waals surface area contributed by atoms with Crippen molar-refractivity contribution < 1.29 is 9.90 Å². The van der Waals surface area contributed by atoms with Gasteiger partial charge in [-0.15, -0.1) is 0 Å². The van der Waals surface area contributed by atoms with Gasteiger partial charge in [-0.1, -0.05) is 17.7 Å². The largest absolute Gasteiger partial charge is 0.476 e. The molecule has 1 heterocycles. The van der Waals surface area contributed by atoms with Crippen LogP contribution in [0, 0.1) is 13.8 Å². The average molecular weight is 270 g/mol. The predicted molar refractivity (Wildman–Crippen MR) is 76.6 cm³/mol. The van der Waals surface area contributed by atoms with Crippen molar-refractivity contribution >= 4 is 5.97 Å².